The van der Waals surface area contributed by atoms with Crippen LogP contribution in [0.2, 0.25) is 0 Å². The molecule has 0 amide bonds. The van der Waals surface area contributed by atoms with Gasteiger partial charge in [0.25, 0.3) is 0 Å². The van der Waals surface area contributed by atoms with E-state index in [1.54, 1.807) is 0 Å². The van der Waals surface area contributed by atoms with E-state index in [1.165, 1.54) is 37.1 Å². The molecule has 2 aliphatic rings. The Morgan fingerprint density at radius 1 is 1.14 bits per heavy atom. The number of halogens is 1. The number of guanidine groups is 1. The number of hydrogen-bond donors (Lipinski definition) is 1. The predicted octanol–water partition coefficient (Wildman–Crippen LogP) is 2.29. The van der Waals surface area contributed by atoms with Crippen LogP contribution in [-0.2, 0) is 13.1 Å². The average molecular weight is 400 g/mol. The second-order valence-electron chi connectivity index (χ2n) is 5.78. The maximum absolute atomic E-state index is 4.46. The van der Waals surface area contributed by atoms with Crippen molar-refractivity contribution in [2.45, 2.75) is 25.9 Å². The number of hydrogen-bond acceptors (Lipinski definition) is 4. The molecule has 0 atom stereocenters. The van der Waals surface area contributed by atoms with E-state index in [4.69, 9.17) is 0 Å². The number of nitrogens with zero attached hydrogens (tertiary/aromatic N) is 3. The lowest BCUT2D eigenvalue weighted by Crippen LogP contribution is -2.35. The molecule has 0 aliphatic carbocycles. The summed E-state index contributed by atoms with van der Waals surface area (Å²) in [6, 6.07) is 8.92. The molecule has 1 aromatic rings. The summed E-state index contributed by atoms with van der Waals surface area (Å²) in [4.78, 5) is 9.18. The van der Waals surface area contributed by atoms with Crippen LogP contribution in [0.3, 0.4) is 0 Å². The lowest BCUT2D eigenvalue weighted by molar-refractivity contribution is 0.331. The molecule has 0 radical (unpaired) electrons. The third kappa shape index (κ3) is 4.57. The van der Waals surface area contributed by atoms with Crippen molar-refractivity contribution in [1.82, 2.24) is 15.1 Å². The molecule has 1 aromatic carbocycles. The summed E-state index contributed by atoms with van der Waals surface area (Å²) >= 11 is 0. The Morgan fingerprint density at radius 3 is 2.62 bits per heavy atom. The highest BCUT2D eigenvalue weighted by Gasteiger charge is 2.13. The largest absolute Gasteiger partial charge is 0.352 e. The summed E-state index contributed by atoms with van der Waals surface area (Å²) in [6.45, 7) is 6.39. The fourth-order valence-electron chi connectivity index (χ4n) is 2.94. The van der Waals surface area contributed by atoms with Crippen molar-refractivity contribution in [2.75, 3.05) is 33.2 Å². The molecule has 21 heavy (non-hydrogen) atoms. The van der Waals surface area contributed by atoms with Gasteiger partial charge in [0.1, 0.15) is 0 Å². The number of nitrogens with one attached hydrogen (secondary N) is 1. The molecular formula is C16H25IN4. The van der Waals surface area contributed by atoms with Crippen molar-refractivity contribution in [3.05, 3.63) is 35.4 Å². The van der Waals surface area contributed by atoms with E-state index >= 15 is 0 Å². The molecule has 0 unspecified atom stereocenters. The monoisotopic (exact) mass is 400 g/mol. The average Bonchev–Trinajstić information content (AvgIpc) is 3.09. The Bertz CT molecular complexity index is 483. The third-order valence-electron chi connectivity index (χ3n) is 4.11. The zero-order chi connectivity index (χ0) is 13.8. The van der Waals surface area contributed by atoms with Gasteiger partial charge >= 0.3 is 0 Å². The van der Waals surface area contributed by atoms with Gasteiger partial charge in [-0.1, -0.05) is 24.3 Å². The van der Waals surface area contributed by atoms with Crippen molar-refractivity contribution >= 4 is 29.9 Å². The number of benzene rings is 1. The zero-order valence-corrected chi connectivity index (χ0v) is 15.0. The van der Waals surface area contributed by atoms with Gasteiger partial charge in [0.2, 0.25) is 0 Å². The van der Waals surface area contributed by atoms with Crippen LogP contribution >= 0.6 is 24.0 Å². The molecule has 116 valence electrons. The number of aliphatic imine (C=N–C) groups is 1. The summed E-state index contributed by atoms with van der Waals surface area (Å²) in [5, 5.41) is 3.43. The van der Waals surface area contributed by atoms with Crippen LogP contribution in [0, 0.1) is 0 Å². The molecule has 0 aromatic heterocycles. The van der Waals surface area contributed by atoms with Crippen molar-refractivity contribution in [2.24, 2.45) is 4.99 Å². The molecule has 1 saturated heterocycles. The Labute approximate surface area is 144 Å². The first-order valence-electron chi connectivity index (χ1n) is 7.61. The van der Waals surface area contributed by atoms with Gasteiger partial charge in [-0.25, -0.2) is 0 Å². The Hall–Kier alpha value is -0.820. The first kappa shape index (κ1) is 16.5. The Balaban J connectivity index is 0.00000161. The van der Waals surface area contributed by atoms with Crippen molar-refractivity contribution in [1.29, 1.82) is 0 Å². The van der Waals surface area contributed by atoms with Crippen molar-refractivity contribution < 1.29 is 0 Å². The maximum Gasteiger partial charge on any atom is 0.194 e. The molecule has 1 fully saturated rings. The topological polar surface area (TPSA) is 30.9 Å². The lowest BCUT2D eigenvalue weighted by atomic mass is 10.1. The number of rotatable bonds is 4. The predicted molar refractivity (Wildman–Crippen MR) is 98.1 cm³/mol. The quantitative estimate of drug-likeness (QED) is 0.787. The van der Waals surface area contributed by atoms with Gasteiger partial charge in [0.15, 0.2) is 5.96 Å². The van der Waals surface area contributed by atoms with E-state index in [0.717, 1.165) is 32.1 Å². The van der Waals surface area contributed by atoms with Gasteiger partial charge in [-0.3, -0.25) is 9.89 Å². The van der Waals surface area contributed by atoms with E-state index < -0.39 is 0 Å². The minimum atomic E-state index is 0. The highest BCUT2D eigenvalue weighted by Crippen LogP contribution is 2.14. The van der Waals surface area contributed by atoms with Crippen LogP contribution in [0.5, 0.6) is 0 Å². The number of likely N-dealkylation sites (N-methyl/N-ethyl adjacent to an activating group) is 1. The normalized spacial score (nSPS) is 18.5. The van der Waals surface area contributed by atoms with Crippen molar-refractivity contribution in [3.63, 3.8) is 0 Å². The second-order valence-corrected chi connectivity index (χ2v) is 5.78. The Kier molecular flexibility index (Phi) is 6.29. The molecule has 2 heterocycles. The smallest absolute Gasteiger partial charge is 0.194 e. The molecule has 3 rings (SSSR count). The molecule has 1 N–H and O–H groups in total. The van der Waals surface area contributed by atoms with Gasteiger partial charge < -0.3 is 10.2 Å². The van der Waals surface area contributed by atoms with Crippen LogP contribution < -0.4 is 5.32 Å². The van der Waals surface area contributed by atoms with E-state index in [2.05, 4.69) is 51.4 Å². The Morgan fingerprint density at radius 2 is 1.90 bits per heavy atom. The lowest BCUT2D eigenvalue weighted by Gasteiger charge is -2.17. The van der Waals surface area contributed by atoms with Gasteiger partial charge in [-0.2, -0.15) is 0 Å². The van der Waals surface area contributed by atoms with E-state index in [1.807, 2.05) is 0 Å². The second kappa shape index (κ2) is 7.98. The molecule has 2 aliphatic heterocycles. The first-order valence-corrected chi connectivity index (χ1v) is 7.61. The fourth-order valence-corrected chi connectivity index (χ4v) is 2.94. The SMILES string of the molecule is CN1CCN=C1NCc1cccc(CN2CCCC2)c1.I. The fraction of sp³-hybridized carbons (Fsp3) is 0.562. The van der Waals surface area contributed by atoms with Gasteiger partial charge in [-0.05, 0) is 37.1 Å². The zero-order valence-electron chi connectivity index (χ0n) is 12.7. The molecule has 5 heteroatoms. The highest BCUT2D eigenvalue weighted by molar-refractivity contribution is 14.0. The van der Waals surface area contributed by atoms with Crippen LogP contribution in [0.15, 0.2) is 29.3 Å². The minimum Gasteiger partial charge on any atom is -0.352 e. The van der Waals surface area contributed by atoms with Gasteiger partial charge in [0, 0.05) is 26.7 Å². The van der Waals surface area contributed by atoms with Gasteiger partial charge in [-0.15, -0.1) is 24.0 Å². The number of likely N-dealkylation sites (tertiary alicyclic amines) is 1. The van der Waals surface area contributed by atoms with Crippen molar-refractivity contribution in [3.8, 4) is 0 Å². The highest BCUT2D eigenvalue weighted by atomic mass is 127. The third-order valence-corrected chi connectivity index (χ3v) is 4.11. The van der Waals surface area contributed by atoms with E-state index in [0.29, 0.717) is 0 Å². The molecule has 0 saturated carbocycles. The van der Waals surface area contributed by atoms with Crippen LogP contribution in [0.1, 0.15) is 24.0 Å². The summed E-state index contributed by atoms with van der Waals surface area (Å²) in [5.41, 5.74) is 2.76. The molecule has 0 spiro atoms. The summed E-state index contributed by atoms with van der Waals surface area (Å²) < 4.78 is 0. The van der Waals surface area contributed by atoms with Crippen LogP contribution in [0.4, 0.5) is 0 Å². The summed E-state index contributed by atoms with van der Waals surface area (Å²) in [6.07, 6.45) is 2.71. The summed E-state index contributed by atoms with van der Waals surface area (Å²) in [5.74, 6) is 1.02. The van der Waals surface area contributed by atoms with Crippen LogP contribution in [-0.4, -0.2) is 49.0 Å². The standard InChI is InChI=1S/C16H24N4.HI/c1-19-10-7-17-16(19)18-12-14-5-4-6-15(11-14)13-20-8-2-3-9-20;/h4-6,11H,2-3,7-10,12-13H2,1H3,(H,17,18);1H. The van der Waals surface area contributed by atoms with E-state index in [9.17, 15) is 0 Å². The van der Waals surface area contributed by atoms with Crippen LogP contribution in [0.25, 0.3) is 0 Å². The minimum absolute atomic E-state index is 0. The molecular weight excluding hydrogens is 375 g/mol. The summed E-state index contributed by atoms with van der Waals surface area (Å²) in [7, 11) is 2.09. The van der Waals surface area contributed by atoms with E-state index in [-0.39, 0.29) is 24.0 Å². The molecule has 0 bridgehead atoms. The molecule has 4 nitrogen and oxygen atoms in total. The first-order chi connectivity index (χ1) is 9.81. The van der Waals surface area contributed by atoms with Gasteiger partial charge in [0.05, 0.1) is 6.54 Å². The maximum atomic E-state index is 4.46.